The molecule has 1 fully saturated rings. The Kier molecular flexibility index (Phi) is 2.07. The van der Waals surface area contributed by atoms with Gasteiger partial charge in [0.05, 0.1) is 18.2 Å². The monoisotopic (exact) mass is 153 g/mol. The normalized spacial score (nSPS) is 12.2. The van der Waals surface area contributed by atoms with E-state index in [1.807, 2.05) is 18.2 Å². The molecule has 0 heterocycles. The third-order valence-electron chi connectivity index (χ3n) is 1.43. The lowest BCUT2D eigenvalue weighted by Crippen LogP contribution is -1.46. The molecule has 0 unspecified atom stereocenters. The average Bonchev–Trinajstić information content (AvgIpc) is 2.67. The second kappa shape index (κ2) is 3.19. The van der Waals surface area contributed by atoms with Gasteiger partial charge in [0.25, 0.3) is 0 Å². The van der Waals surface area contributed by atoms with E-state index in [2.05, 4.69) is 0 Å². The maximum Gasteiger partial charge on any atom is 0.0918 e. The predicted octanol–water partition coefficient (Wildman–Crippen LogP) is 1.35. The number of rotatable bonds is 0. The molecule has 0 aromatic heterocycles. The van der Waals surface area contributed by atoms with Gasteiger partial charge >= 0.3 is 0 Å². The first kappa shape index (κ1) is 7.79. The first-order valence-electron chi connectivity index (χ1n) is 3.15. The van der Waals surface area contributed by atoms with Crippen LogP contribution >= 0.6 is 0 Å². The molecule has 0 spiro atoms. The molecule has 0 bridgehead atoms. The van der Waals surface area contributed by atoms with E-state index in [0.717, 1.165) is 0 Å². The van der Waals surface area contributed by atoms with Crippen LogP contribution in [0.4, 0.5) is 0 Å². The van der Waals surface area contributed by atoms with Crippen molar-refractivity contribution in [1.29, 1.82) is 15.8 Å². The Labute approximate surface area is 69.8 Å². The molecule has 0 atom stereocenters. The van der Waals surface area contributed by atoms with Crippen LogP contribution in [-0.2, 0) is 0 Å². The molecule has 0 aromatic carbocycles. The summed E-state index contributed by atoms with van der Waals surface area (Å²) in [7, 11) is 0. The summed E-state index contributed by atoms with van der Waals surface area (Å²) >= 11 is 0. The first-order chi connectivity index (χ1) is 5.85. The van der Waals surface area contributed by atoms with Crippen molar-refractivity contribution in [2.24, 2.45) is 0 Å². The second-order valence-electron chi connectivity index (χ2n) is 2.06. The number of hydrogen-bond donors (Lipinski definition) is 0. The summed E-state index contributed by atoms with van der Waals surface area (Å²) in [5.41, 5.74) is 2.09. The van der Waals surface area contributed by atoms with Crippen molar-refractivity contribution in [2.75, 3.05) is 0 Å². The van der Waals surface area contributed by atoms with Crippen LogP contribution < -0.4 is 0 Å². The molecule has 0 N–H and O–H groups in total. The Bertz CT molecular complexity index is 338. The second-order valence-corrected chi connectivity index (χ2v) is 2.06. The summed E-state index contributed by atoms with van der Waals surface area (Å²) in [5, 5.41) is 24.9. The summed E-state index contributed by atoms with van der Waals surface area (Å²) in [5.74, 6) is 0. The van der Waals surface area contributed by atoms with Crippen molar-refractivity contribution in [1.82, 2.24) is 0 Å². The van der Waals surface area contributed by atoms with Crippen LogP contribution in [0.1, 0.15) is 0 Å². The van der Waals surface area contributed by atoms with Gasteiger partial charge in [-0.3, -0.25) is 0 Å². The minimum Gasteiger partial charge on any atom is -0.193 e. The number of nitrogens with zero attached hydrogens (tertiary/aromatic N) is 3. The van der Waals surface area contributed by atoms with Crippen molar-refractivity contribution in [3.63, 3.8) is 0 Å². The summed E-state index contributed by atoms with van der Waals surface area (Å²) < 4.78 is 0. The molecule has 0 radical (unpaired) electrons. The van der Waals surface area contributed by atoms with Crippen LogP contribution in [0.15, 0.2) is 34.9 Å². The van der Waals surface area contributed by atoms with E-state index >= 15 is 0 Å². The Morgan fingerprint density at radius 3 is 1.08 bits per heavy atom. The highest BCUT2D eigenvalue weighted by Gasteiger charge is 2.29. The average molecular weight is 153 g/mol. The van der Waals surface area contributed by atoms with Gasteiger partial charge < -0.3 is 0 Å². The van der Waals surface area contributed by atoms with E-state index in [1.165, 1.54) is 18.2 Å². The van der Waals surface area contributed by atoms with Crippen LogP contribution in [0.3, 0.4) is 0 Å². The molecular formula is C9H3N3. The van der Waals surface area contributed by atoms with Gasteiger partial charge in [0.1, 0.15) is 0 Å². The topological polar surface area (TPSA) is 71.4 Å². The zero-order valence-electron chi connectivity index (χ0n) is 6.07. The molecule has 0 amide bonds. The molecule has 0 saturated heterocycles. The Morgan fingerprint density at radius 2 is 0.917 bits per heavy atom. The highest BCUT2D eigenvalue weighted by atomic mass is 14.3. The maximum absolute atomic E-state index is 8.30. The van der Waals surface area contributed by atoms with Gasteiger partial charge in [-0.1, -0.05) is 0 Å². The first-order valence-corrected chi connectivity index (χ1v) is 3.15. The van der Waals surface area contributed by atoms with Crippen molar-refractivity contribution < 1.29 is 0 Å². The lowest BCUT2D eigenvalue weighted by molar-refractivity contribution is 1.53. The standard InChI is InChI=1S/C9H3N3/c10-4-1-7-8(2-5-11)9(7)3-6-12/h1-3H. The molecule has 1 aliphatic carbocycles. The minimum atomic E-state index is 0.695. The molecule has 12 heavy (non-hydrogen) atoms. The van der Waals surface area contributed by atoms with E-state index in [4.69, 9.17) is 15.8 Å². The summed E-state index contributed by atoms with van der Waals surface area (Å²) in [4.78, 5) is 0. The van der Waals surface area contributed by atoms with Gasteiger partial charge in [0.15, 0.2) is 0 Å². The Hall–Kier alpha value is -2.31. The van der Waals surface area contributed by atoms with E-state index in [-0.39, 0.29) is 0 Å². The molecule has 3 heteroatoms. The fourth-order valence-electron chi connectivity index (χ4n) is 0.893. The van der Waals surface area contributed by atoms with Gasteiger partial charge in [0, 0.05) is 34.9 Å². The lowest BCUT2D eigenvalue weighted by Gasteiger charge is -1.56. The Balaban J connectivity index is 3.03. The van der Waals surface area contributed by atoms with Gasteiger partial charge in [0.2, 0.25) is 0 Å². The van der Waals surface area contributed by atoms with Gasteiger partial charge in [-0.25, -0.2) is 0 Å². The predicted molar refractivity (Wildman–Crippen MR) is 41.1 cm³/mol. The van der Waals surface area contributed by atoms with E-state index < -0.39 is 0 Å². The molecule has 1 saturated carbocycles. The summed E-state index contributed by atoms with van der Waals surface area (Å²) in [6, 6.07) is 5.53. The largest absolute Gasteiger partial charge is 0.193 e. The van der Waals surface area contributed by atoms with Crippen molar-refractivity contribution in [3.8, 4) is 18.2 Å². The molecular weight excluding hydrogens is 150 g/mol. The minimum absolute atomic E-state index is 0.695. The van der Waals surface area contributed by atoms with E-state index in [0.29, 0.717) is 16.7 Å². The maximum atomic E-state index is 8.30. The molecule has 0 aromatic rings. The molecule has 54 valence electrons. The molecule has 1 aliphatic rings. The van der Waals surface area contributed by atoms with Crippen LogP contribution in [-0.4, -0.2) is 0 Å². The van der Waals surface area contributed by atoms with Crippen molar-refractivity contribution in [3.05, 3.63) is 34.9 Å². The molecule has 3 nitrogen and oxygen atoms in total. The van der Waals surface area contributed by atoms with Gasteiger partial charge in [-0.15, -0.1) is 0 Å². The summed E-state index contributed by atoms with van der Waals surface area (Å²) in [6.07, 6.45) is 3.98. The number of hydrogen-bond acceptors (Lipinski definition) is 3. The SMILES string of the molecule is N#CC=C1C(=CC#N)C1=CC#N. The molecule has 0 aliphatic heterocycles. The number of allylic oxidation sites excluding steroid dienone is 6. The van der Waals surface area contributed by atoms with Crippen LogP contribution in [0.25, 0.3) is 0 Å². The lowest BCUT2D eigenvalue weighted by atomic mass is 10.4. The van der Waals surface area contributed by atoms with Crippen LogP contribution in [0, 0.1) is 34.0 Å². The van der Waals surface area contributed by atoms with Gasteiger partial charge in [-0.2, -0.15) is 15.8 Å². The zero-order valence-corrected chi connectivity index (χ0v) is 6.07. The van der Waals surface area contributed by atoms with Crippen molar-refractivity contribution in [2.45, 2.75) is 0 Å². The third kappa shape index (κ3) is 1.24. The highest BCUT2D eigenvalue weighted by Crippen LogP contribution is 2.43. The zero-order chi connectivity index (χ0) is 8.97. The quantitative estimate of drug-likeness (QED) is 0.493. The Morgan fingerprint density at radius 1 is 0.667 bits per heavy atom. The molecule has 1 rings (SSSR count). The smallest absolute Gasteiger partial charge is 0.0918 e. The van der Waals surface area contributed by atoms with Crippen LogP contribution in [0.5, 0.6) is 0 Å². The highest BCUT2D eigenvalue weighted by molar-refractivity contribution is 5.80. The van der Waals surface area contributed by atoms with E-state index in [1.54, 1.807) is 0 Å². The summed E-state index contributed by atoms with van der Waals surface area (Å²) in [6.45, 7) is 0. The van der Waals surface area contributed by atoms with Crippen molar-refractivity contribution >= 4 is 0 Å². The fraction of sp³-hybridized carbons (Fsp3) is 0. The van der Waals surface area contributed by atoms with Crippen LogP contribution in [0.2, 0.25) is 0 Å². The third-order valence-corrected chi connectivity index (χ3v) is 1.43. The van der Waals surface area contributed by atoms with E-state index in [9.17, 15) is 0 Å². The number of nitriles is 3. The fourth-order valence-corrected chi connectivity index (χ4v) is 0.893. The van der Waals surface area contributed by atoms with Gasteiger partial charge in [-0.05, 0) is 0 Å².